The average Bonchev–Trinajstić information content (AvgIpc) is 3.07. The molecule has 3 heterocycles. The fraction of sp³-hybridized carbons (Fsp3) is 0.250. The number of pyridine rings is 1. The molecule has 1 atom stereocenters. The normalized spacial score (nSPS) is 16.3. The van der Waals surface area contributed by atoms with E-state index in [0.29, 0.717) is 17.6 Å². The van der Waals surface area contributed by atoms with Crippen LogP contribution in [-0.2, 0) is 21.2 Å². The minimum atomic E-state index is -3.50. The Kier molecular flexibility index (Phi) is 5.22. The number of carboxylic acid groups (broad SMARTS) is 1. The van der Waals surface area contributed by atoms with Gasteiger partial charge in [0.05, 0.1) is 16.7 Å². The molecule has 164 valence electrons. The van der Waals surface area contributed by atoms with Crippen molar-refractivity contribution >= 4 is 49.4 Å². The minimum absolute atomic E-state index is 0.00973. The van der Waals surface area contributed by atoms with Gasteiger partial charge in [-0.3, -0.25) is 4.79 Å². The first-order valence-electron chi connectivity index (χ1n) is 10.4. The highest BCUT2D eigenvalue weighted by Crippen LogP contribution is 2.47. The average molecular weight is 467 g/mol. The molecular formula is C24H22N2O4S2. The molecule has 32 heavy (non-hydrogen) atoms. The van der Waals surface area contributed by atoms with Crippen molar-refractivity contribution in [1.29, 1.82) is 0 Å². The molecule has 4 aromatic rings. The van der Waals surface area contributed by atoms with Gasteiger partial charge in [0.2, 0.25) is 0 Å². The van der Waals surface area contributed by atoms with Gasteiger partial charge in [-0.15, -0.1) is 0 Å². The topological polar surface area (TPSA) is 89.3 Å². The number of nitrogens with zero attached hydrogens (tertiary/aromatic N) is 2. The summed E-state index contributed by atoms with van der Waals surface area (Å²) < 4.78 is 27.3. The number of hydrogen-bond acceptors (Lipinski definition) is 5. The van der Waals surface area contributed by atoms with Crippen LogP contribution in [0.5, 0.6) is 0 Å². The van der Waals surface area contributed by atoms with Crippen LogP contribution >= 0.6 is 11.8 Å². The van der Waals surface area contributed by atoms with Crippen LogP contribution in [0.15, 0.2) is 69.4 Å². The molecule has 6 nitrogen and oxygen atoms in total. The number of benzene rings is 2. The Morgan fingerprint density at radius 2 is 1.97 bits per heavy atom. The number of aryl methyl sites for hydroxylation is 1. The van der Waals surface area contributed by atoms with E-state index in [-0.39, 0.29) is 17.2 Å². The van der Waals surface area contributed by atoms with Crippen molar-refractivity contribution in [3.63, 3.8) is 0 Å². The van der Waals surface area contributed by atoms with Gasteiger partial charge in [0, 0.05) is 40.4 Å². The Hall–Kier alpha value is -2.84. The van der Waals surface area contributed by atoms with Gasteiger partial charge in [-0.05, 0) is 41.8 Å². The number of sulfone groups is 1. The first-order valence-corrected chi connectivity index (χ1v) is 13.1. The zero-order valence-electron chi connectivity index (χ0n) is 17.5. The molecule has 5 rings (SSSR count). The Balaban J connectivity index is 1.77. The molecule has 0 spiro atoms. The zero-order chi connectivity index (χ0) is 22.5. The lowest BCUT2D eigenvalue weighted by atomic mass is 9.93. The Morgan fingerprint density at radius 1 is 1.19 bits per heavy atom. The van der Waals surface area contributed by atoms with Crippen LogP contribution < -0.4 is 0 Å². The largest absolute Gasteiger partial charge is 0.481 e. The van der Waals surface area contributed by atoms with Crippen molar-refractivity contribution in [2.24, 2.45) is 0 Å². The number of fused-ring (bicyclic) bond motifs is 4. The summed E-state index contributed by atoms with van der Waals surface area (Å²) in [5.41, 5.74) is 1.50. The number of carbonyl (C=O) groups is 1. The van der Waals surface area contributed by atoms with Crippen molar-refractivity contribution in [3.05, 3.63) is 60.4 Å². The van der Waals surface area contributed by atoms with Gasteiger partial charge in [0.15, 0.2) is 9.84 Å². The second-order valence-corrected chi connectivity index (χ2v) is 11.3. The lowest BCUT2D eigenvalue weighted by Gasteiger charge is -2.25. The second-order valence-electron chi connectivity index (χ2n) is 8.19. The van der Waals surface area contributed by atoms with Crippen LogP contribution in [0.2, 0.25) is 0 Å². The van der Waals surface area contributed by atoms with Gasteiger partial charge in [-0.25, -0.2) is 13.4 Å². The quantitative estimate of drug-likeness (QED) is 0.440. The van der Waals surface area contributed by atoms with Gasteiger partial charge in [-0.1, -0.05) is 42.1 Å². The summed E-state index contributed by atoms with van der Waals surface area (Å²) in [5, 5.41) is 12.3. The molecule has 1 unspecified atom stereocenters. The molecule has 0 saturated heterocycles. The van der Waals surface area contributed by atoms with Gasteiger partial charge in [0.1, 0.15) is 5.65 Å². The minimum Gasteiger partial charge on any atom is -0.481 e. The molecule has 1 N–H and O–H groups in total. The summed E-state index contributed by atoms with van der Waals surface area (Å²) in [6.45, 7) is 0.695. The highest BCUT2D eigenvalue weighted by Gasteiger charge is 2.32. The van der Waals surface area contributed by atoms with Crippen molar-refractivity contribution in [1.82, 2.24) is 9.55 Å². The maximum Gasteiger partial charge on any atom is 0.304 e. The monoisotopic (exact) mass is 466 g/mol. The second kappa shape index (κ2) is 7.94. The van der Waals surface area contributed by atoms with Crippen LogP contribution in [0.25, 0.3) is 21.8 Å². The molecule has 0 aliphatic carbocycles. The summed E-state index contributed by atoms with van der Waals surface area (Å²) in [7, 11) is -3.50. The Labute approximate surface area is 190 Å². The molecule has 2 aromatic heterocycles. The number of aliphatic carboxylic acids is 1. The molecule has 0 radical (unpaired) electrons. The van der Waals surface area contributed by atoms with E-state index in [1.165, 1.54) is 24.2 Å². The molecule has 2 aromatic carbocycles. The predicted octanol–water partition coefficient (Wildman–Crippen LogP) is 5.10. The summed E-state index contributed by atoms with van der Waals surface area (Å²) in [6, 6.07) is 15.8. The molecule has 0 fully saturated rings. The smallest absolute Gasteiger partial charge is 0.304 e. The SMILES string of the molecule is CS(=O)(=O)c1ccnc2c1c(Sc1ccc3ccccc3c1)c1n2CCCC1CC(=O)O. The van der Waals surface area contributed by atoms with E-state index in [1.807, 2.05) is 41.0 Å². The lowest BCUT2D eigenvalue weighted by Crippen LogP contribution is -2.18. The van der Waals surface area contributed by atoms with Crippen LogP contribution in [0.3, 0.4) is 0 Å². The third-order valence-corrected chi connectivity index (χ3v) is 8.23. The third-order valence-electron chi connectivity index (χ3n) is 5.98. The predicted molar refractivity (Wildman–Crippen MR) is 125 cm³/mol. The highest BCUT2D eigenvalue weighted by atomic mass is 32.2. The van der Waals surface area contributed by atoms with Gasteiger partial charge in [-0.2, -0.15) is 0 Å². The summed E-state index contributed by atoms with van der Waals surface area (Å²) >= 11 is 1.50. The van der Waals surface area contributed by atoms with E-state index in [0.717, 1.165) is 39.1 Å². The molecule has 1 aliphatic heterocycles. The standard InChI is InChI=1S/C24H22N2O4S2/c1-32(29,30)19-10-11-25-24-21(19)23(22-17(14-20(27)28)7-4-12-26(22)24)31-18-9-8-15-5-2-3-6-16(15)13-18/h2-3,5-6,8-11,13,17H,4,7,12,14H2,1H3,(H,27,28). The molecule has 0 amide bonds. The summed E-state index contributed by atoms with van der Waals surface area (Å²) in [6.07, 6.45) is 4.33. The van der Waals surface area contributed by atoms with E-state index in [1.54, 1.807) is 6.07 Å². The maximum absolute atomic E-state index is 12.7. The van der Waals surface area contributed by atoms with Crippen molar-refractivity contribution in [2.75, 3.05) is 6.26 Å². The van der Waals surface area contributed by atoms with E-state index in [4.69, 9.17) is 0 Å². The fourth-order valence-corrected chi connectivity index (χ4v) is 6.83. The van der Waals surface area contributed by atoms with Crippen LogP contribution in [-0.4, -0.2) is 35.3 Å². The van der Waals surface area contributed by atoms with Gasteiger partial charge in [0.25, 0.3) is 0 Å². The third kappa shape index (κ3) is 3.67. The molecule has 1 aliphatic rings. The first kappa shape index (κ1) is 21.0. The Morgan fingerprint density at radius 3 is 2.72 bits per heavy atom. The van der Waals surface area contributed by atoms with Gasteiger partial charge >= 0.3 is 5.97 Å². The number of carboxylic acids is 1. The molecular weight excluding hydrogens is 444 g/mol. The summed E-state index contributed by atoms with van der Waals surface area (Å²) in [5.74, 6) is -1.04. The first-order chi connectivity index (χ1) is 15.3. The van der Waals surface area contributed by atoms with E-state index < -0.39 is 15.8 Å². The van der Waals surface area contributed by atoms with Gasteiger partial charge < -0.3 is 9.67 Å². The van der Waals surface area contributed by atoms with Crippen molar-refractivity contribution in [2.45, 2.75) is 46.4 Å². The van der Waals surface area contributed by atoms with E-state index >= 15 is 0 Å². The number of hydrogen-bond donors (Lipinski definition) is 1. The zero-order valence-corrected chi connectivity index (χ0v) is 19.1. The van der Waals surface area contributed by atoms with Crippen molar-refractivity contribution in [3.8, 4) is 0 Å². The maximum atomic E-state index is 12.7. The number of rotatable bonds is 5. The number of aromatic nitrogens is 2. The van der Waals surface area contributed by atoms with E-state index in [2.05, 4.69) is 11.1 Å². The Bertz CT molecular complexity index is 1470. The molecule has 0 saturated carbocycles. The highest BCUT2D eigenvalue weighted by molar-refractivity contribution is 7.99. The molecule has 0 bridgehead atoms. The van der Waals surface area contributed by atoms with Crippen LogP contribution in [0.4, 0.5) is 0 Å². The summed E-state index contributed by atoms with van der Waals surface area (Å²) in [4.78, 5) is 18.2. The lowest BCUT2D eigenvalue weighted by molar-refractivity contribution is -0.137. The van der Waals surface area contributed by atoms with E-state index in [9.17, 15) is 18.3 Å². The van der Waals surface area contributed by atoms with Crippen LogP contribution in [0, 0.1) is 0 Å². The van der Waals surface area contributed by atoms with Crippen molar-refractivity contribution < 1.29 is 18.3 Å². The molecule has 8 heteroatoms. The van der Waals surface area contributed by atoms with Crippen LogP contribution in [0.1, 0.15) is 30.9 Å². The fourth-order valence-electron chi connectivity index (χ4n) is 4.65.